The average Bonchev–Trinajstić information content (AvgIpc) is 3.27. The summed E-state index contributed by atoms with van der Waals surface area (Å²) in [6, 6.07) is 16.1. The van der Waals surface area contributed by atoms with Gasteiger partial charge < -0.3 is 10.2 Å². The molecule has 1 unspecified atom stereocenters. The maximum Gasteiger partial charge on any atom is 0.243 e. The molecule has 1 atom stereocenters. The molecule has 4 rings (SSSR count). The van der Waals surface area contributed by atoms with Crippen LogP contribution in [0.1, 0.15) is 25.2 Å². The predicted octanol–water partition coefficient (Wildman–Crippen LogP) is 3.70. The highest BCUT2D eigenvalue weighted by molar-refractivity contribution is 7.19. The smallest absolute Gasteiger partial charge is 0.243 e. The van der Waals surface area contributed by atoms with Gasteiger partial charge in [-0.1, -0.05) is 47.7 Å². The third-order valence-corrected chi connectivity index (χ3v) is 6.08. The van der Waals surface area contributed by atoms with Gasteiger partial charge in [-0.05, 0) is 26.0 Å². The monoisotopic (exact) mass is 392 g/mol. The molecule has 144 valence electrons. The van der Waals surface area contributed by atoms with Gasteiger partial charge in [-0.3, -0.25) is 9.78 Å². The predicted molar refractivity (Wildman–Crippen MR) is 114 cm³/mol. The lowest BCUT2D eigenvalue weighted by atomic mass is 10.1. The normalized spacial score (nSPS) is 15.7. The lowest BCUT2D eigenvalue weighted by Crippen LogP contribution is -2.48. The number of nitrogens with one attached hydrogen (secondary N) is 1. The molecule has 28 heavy (non-hydrogen) atoms. The highest BCUT2D eigenvalue weighted by atomic mass is 32.1. The van der Waals surface area contributed by atoms with Gasteiger partial charge in [0.1, 0.15) is 16.1 Å². The highest BCUT2D eigenvalue weighted by Crippen LogP contribution is 2.42. The highest BCUT2D eigenvalue weighted by Gasteiger charge is 2.38. The number of carbonyl (C=O) groups excluding carboxylic acids is 1. The van der Waals surface area contributed by atoms with Crippen molar-refractivity contribution in [2.45, 2.75) is 38.8 Å². The Bertz CT molecular complexity index is 940. The number of hydrogen-bond donors (Lipinski definition) is 1. The standard InChI is InChI=1S/C22H24N4OS/c1-15(2)26-19(20(27)24-13-11-17-10-6-7-12-23-17)14-18-22(26)28-21(25-18)16-8-4-3-5-9-16/h3-10,12,15,19H,11,13-14H2,1-2H3,(H,24,27). The summed E-state index contributed by atoms with van der Waals surface area (Å²) in [5.41, 5.74) is 3.15. The summed E-state index contributed by atoms with van der Waals surface area (Å²) in [6.07, 6.45) is 3.17. The minimum absolute atomic E-state index is 0.0658. The Balaban J connectivity index is 1.45. The molecule has 1 amide bonds. The summed E-state index contributed by atoms with van der Waals surface area (Å²) >= 11 is 1.68. The van der Waals surface area contributed by atoms with Crippen LogP contribution in [0.4, 0.5) is 5.00 Å². The number of carbonyl (C=O) groups is 1. The van der Waals surface area contributed by atoms with Crippen molar-refractivity contribution in [2.24, 2.45) is 0 Å². The molecule has 6 heteroatoms. The van der Waals surface area contributed by atoms with Gasteiger partial charge in [-0.15, -0.1) is 0 Å². The van der Waals surface area contributed by atoms with Gasteiger partial charge in [0, 0.05) is 42.9 Å². The van der Waals surface area contributed by atoms with E-state index in [2.05, 4.69) is 41.2 Å². The number of thiazole rings is 1. The zero-order valence-corrected chi connectivity index (χ0v) is 16.9. The van der Waals surface area contributed by atoms with Crippen LogP contribution in [-0.2, 0) is 17.6 Å². The molecule has 1 aromatic carbocycles. The van der Waals surface area contributed by atoms with Crippen LogP contribution in [-0.4, -0.2) is 34.5 Å². The van der Waals surface area contributed by atoms with Crippen molar-refractivity contribution < 1.29 is 4.79 Å². The van der Waals surface area contributed by atoms with Crippen LogP contribution in [0.15, 0.2) is 54.7 Å². The van der Waals surface area contributed by atoms with Crippen LogP contribution in [0.2, 0.25) is 0 Å². The molecule has 3 heterocycles. The molecule has 0 spiro atoms. The van der Waals surface area contributed by atoms with E-state index in [9.17, 15) is 4.79 Å². The molecular formula is C22H24N4OS. The van der Waals surface area contributed by atoms with Crippen LogP contribution in [0.5, 0.6) is 0 Å². The Morgan fingerprint density at radius 3 is 2.71 bits per heavy atom. The maximum atomic E-state index is 12.9. The van der Waals surface area contributed by atoms with E-state index in [0.717, 1.165) is 33.4 Å². The second kappa shape index (κ2) is 8.10. The number of pyridine rings is 1. The summed E-state index contributed by atoms with van der Waals surface area (Å²) in [4.78, 5) is 24.2. The second-order valence-electron chi connectivity index (χ2n) is 7.22. The van der Waals surface area contributed by atoms with Crippen molar-refractivity contribution in [1.29, 1.82) is 0 Å². The van der Waals surface area contributed by atoms with Crippen LogP contribution >= 0.6 is 11.3 Å². The number of aromatic nitrogens is 2. The van der Waals surface area contributed by atoms with E-state index in [1.165, 1.54) is 0 Å². The van der Waals surface area contributed by atoms with Gasteiger partial charge in [-0.25, -0.2) is 4.98 Å². The second-order valence-corrected chi connectivity index (χ2v) is 8.20. The fraction of sp³-hybridized carbons (Fsp3) is 0.318. The van der Waals surface area contributed by atoms with E-state index in [-0.39, 0.29) is 18.0 Å². The SMILES string of the molecule is CC(C)N1c2sc(-c3ccccc3)nc2CC1C(=O)NCCc1ccccn1. The third kappa shape index (κ3) is 3.78. The van der Waals surface area contributed by atoms with Crippen molar-refractivity contribution in [1.82, 2.24) is 15.3 Å². The van der Waals surface area contributed by atoms with Gasteiger partial charge in [0.25, 0.3) is 0 Å². The van der Waals surface area contributed by atoms with E-state index in [1.54, 1.807) is 17.5 Å². The van der Waals surface area contributed by atoms with Crippen molar-refractivity contribution in [3.8, 4) is 10.6 Å². The van der Waals surface area contributed by atoms with Gasteiger partial charge in [0.05, 0.1) is 5.69 Å². The Morgan fingerprint density at radius 1 is 1.21 bits per heavy atom. The molecule has 0 saturated heterocycles. The van der Waals surface area contributed by atoms with Crippen LogP contribution < -0.4 is 10.2 Å². The third-order valence-electron chi connectivity index (χ3n) is 4.92. The van der Waals surface area contributed by atoms with E-state index in [4.69, 9.17) is 4.98 Å². The van der Waals surface area contributed by atoms with Crippen molar-refractivity contribution in [3.05, 3.63) is 66.1 Å². The quantitative estimate of drug-likeness (QED) is 0.695. The van der Waals surface area contributed by atoms with Crippen LogP contribution in [0, 0.1) is 0 Å². The Labute approximate surface area is 169 Å². The molecule has 0 saturated carbocycles. The number of rotatable bonds is 6. The first-order chi connectivity index (χ1) is 13.6. The maximum absolute atomic E-state index is 12.9. The molecule has 1 aliphatic heterocycles. The molecule has 1 N–H and O–H groups in total. The molecule has 2 aromatic heterocycles. The first-order valence-corrected chi connectivity index (χ1v) is 10.5. The van der Waals surface area contributed by atoms with Gasteiger partial charge in [0.15, 0.2) is 0 Å². The molecule has 0 radical (unpaired) electrons. The van der Waals surface area contributed by atoms with Crippen molar-refractivity contribution >= 4 is 22.2 Å². The largest absolute Gasteiger partial charge is 0.354 e. The van der Waals surface area contributed by atoms with E-state index in [0.29, 0.717) is 13.0 Å². The molecule has 0 bridgehead atoms. The Morgan fingerprint density at radius 2 is 2.00 bits per heavy atom. The molecule has 5 nitrogen and oxygen atoms in total. The van der Waals surface area contributed by atoms with E-state index in [1.807, 2.05) is 36.4 Å². The average molecular weight is 393 g/mol. The lowest BCUT2D eigenvalue weighted by Gasteiger charge is -2.29. The number of hydrogen-bond acceptors (Lipinski definition) is 5. The number of anilines is 1. The fourth-order valence-corrected chi connectivity index (χ4v) is 4.88. The molecular weight excluding hydrogens is 368 g/mol. The van der Waals surface area contributed by atoms with E-state index < -0.39 is 0 Å². The number of nitrogens with zero attached hydrogens (tertiary/aromatic N) is 3. The zero-order chi connectivity index (χ0) is 19.5. The molecule has 0 aliphatic carbocycles. The van der Waals surface area contributed by atoms with Crippen LogP contribution in [0.3, 0.4) is 0 Å². The summed E-state index contributed by atoms with van der Waals surface area (Å²) in [6.45, 7) is 4.85. The summed E-state index contributed by atoms with van der Waals surface area (Å²) in [5.74, 6) is 0.0658. The minimum atomic E-state index is -0.192. The topological polar surface area (TPSA) is 58.1 Å². The first kappa shape index (κ1) is 18.6. The van der Waals surface area contributed by atoms with Crippen molar-refractivity contribution in [3.63, 3.8) is 0 Å². The van der Waals surface area contributed by atoms with Crippen LogP contribution in [0.25, 0.3) is 10.6 Å². The zero-order valence-electron chi connectivity index (χ0n) is 16.1. The molecule has 3 aromatic rings. The van der Waals surface area contributed by atoms with Gasteiger partial charge >= 0.3 is 0 Å². The fourth-order valence-electron chi connectivity index (χ4n) is 3.60. The Kier molecular flexibility index (Phi) is 5.39. The number of benzene rings is 1. The Hall–Kier alpha value is -2.73. The molecule has 0 fully saturated rings. The first-order valence-electron chi connectivity index (χ1n) is 9.64. The summed E-state index contributed by atoms with van der Waals surface area (Å²) in [7, 11) is 0. The van der Waals surface area contributed by atoms with Gasteiger partial charge in [-0.2, -0.15) is 0 Å². The number of fused-ring (bicyclic) bond motifs is 1. The minimum Gasteiger partial charge on any atom is -0.354 e. The van der Waals surface area contributed by atoms with E-state index >= 15 is 0 Å². The summed E-state index contributed by atoms with van der Waals surface area (Å²) < 4.78 is 0. The van der Waals surface area contributed by atoms with Gasteiger partial charge in [0.2, 0.25) is 5.91 Å². The van der Waals surface area contributed by atoms with Crippen molar-refractivity contribution in [2.75, 3.05) is 11.4 Å². The summed E-state index contributed by atoms with van der Waals surface area (Å²) in [5, 5.41) is 5.23. The number of amides is 1. The lowest BCUT2D eigenvalue weighted by molar-refractivity contribution is -0.122. The molecule has 1 aliphatic rings.